The van der Waals surface area contributed by atoms with E-state index in [-0.39, 0.29) is 11.9 Å². The molecule has 1 aliphatic heterocycles. The van der Waals surface area contributed by atoms with E-state index in [1.54, 1.807) is 12.1 Å². The van der Waals surface area contributed by atoms with Crippen molar-refractivity contribution >= 4 is 9.84 Å². The summed E-state index contributed by atoms with van der Waals surface area (Å²) in [5, 5.41) is 10.1. The van der Waals surface area contributed by atoms with Gasteiger partial charge < -0.3 is 5.11 Å². The fraction of sp³-hybridized carbons (Fsp3) is 0.625. The van der Waals surface area contributed by atoms with Gasteiger partial charge in [-0.15, -0.1) is 0 Å². The first kappa shape index (κ1) is 16.5. The van der Waals surface area contributed by atoms with Gasteiger partial charge in [-0.1, -0.05) is 32.0 Å². The molecule has 21 heavy (non-hydrogen) atoms. The summed E-state index contributed by atoms with van der Waals surface area (Å²) in [6, 6.07) is 7.19. The topological polar surface area (TPSA) is 57.6 Å². The fourth-order valence-electron chi connectivity index (χ4n) is 2.69. The van der Waals surface area contributed by atoms with Crippen molar-refractivity contribution in [3.8, 4) is 0 Å². The van der Waals surface area contributed by atoms with Gasteiger partial charge >= 0.3 is 0 Å². The molecule has 0 spiro atoms. The molecule has 0 fully saturated rings. The van der Waals surface area contributed by atoms with Gasteiger partial charge in [0.2, 0.25) is 0 Å². The molecule has 0 saturated carbocycles. The monoisotopic (exact) mass is 311 g/mol. The summed E-state index contributed by atoms with van der Waals surface area (Å²) in [6.07, 6.45) is 1.37. The van der Waals surface area contributed by atoms with Crippen molar-refractivity contribution in [3.05, 3.63) is 29.8 Å². The van der Waals surface area contributed by atoms with Gasteiger partial charge in [0.05, 0.1) is 16.8 Å². The van der Waals surface area contributed by atoms with Crippen LogP contribution in [0.3, 0.4) is 0 Å². The van der Waals surface area contributed by atoms with E-state index in [9.17, 15) is 13.5 Å². The van der Waals surface area contributed by atoms with Crippen molar-refractivity contribution in [1.29, 1.82) is 0 Å². The van der Waals surface area contributed by atoms with E-state index in [4.69, 9.17) is 0 Å². The van der Waals surface area contributed by atoms with Crippen LogP contribution in [0.1, 0.15) is 32.3 Å². The minimum atomic E-state index is -3.20. The van der Waals surface area contributed by atoms with Crippen molar-refractivity contribution in [2.75, 3.05) is 18.8 Å². The molecule has 1 heterocycles. The lowest BCUT2D eigenvalue weighted by Crippen LogP contribution is -2.34. The van der Waals surface area contributed by atoms with Crippen LogP contribution in [0.5, 0.6) is 0 Å². The number of hydrogen-bond acceptors (Lipinski definition) is 4. The van der Waals surface area contributed by atoms with Crippen LogP contribution >= 0.6 is 0 Å². The minimum absolute atomic E-state index is 0.126. The maximum absolute atomic E-state index is 12.3. The number of sulfone groups is 1. The largest absolute Gasteiger partial charge is 0.392 e. The molecule has 1 unspecified atom stereocenters. The zero-order valence-electron chi connectivity index (χ0n) is 12.8. The molecule has 2 rings (SSSR count). The van der Waals surface area contributed by atoms with Crippen molar-refractivity contribution in [2.24, 2.45) is 5.92 Å². The third-order valence-electron chi connectivity index (χ3n) is 3.92. The zero-order valence-corrected chi connectivity index (χ0v) is 13.6. The maximum atomic E-state index is 12.3. The molecule has 0 bridgehead atoms. The molecule has 1 N–H and O–H groups in total. The molecule has 0 amide bonds. The van der Waals surface area contributed by atoms with Crippen LogP contribution in [0.15, 0.2) is 29.2 Å². The Kier molecular flexibility index (Phi) is 5.41. The highest BCUT2D eigenvalue weighted by Gasteiger charge is 2.25. The Morgan fingerprint density at radius 3 is 2.67 bits per heavy atom. The number of aliphatic hydroxyl groups is 1. The Hall–Kier alpha value is -0.910. The van der Waals surface area contributed by atoms with E-state index < -0.39 is 9.84 Å². The van der Waals surface area contributed by atoms with Crippen LogP contribution < -0.4 is 0 Å². The lowest BCUT2D eigenvalue weighted by atomic mass is 10.0. The number of rotatable bonds is 5. The first-order valence-corrected chi connectivity index (χ1v) is 9.25. The molecule has 0 aromatic heterocycles. The Balaban J connectivity index is 2.05. The van der Waals surface area contributed by atoms with Gasteiger partial charge in [0.15, 0.2) is 9.84 Å². The highest BCUT2D eigenvalue weighted by molar-refractivity contribution is 7.91. The van der Waals surface area contributed by atoms with E-state index in [0.29, 0.717) is 30.4 Å². The Bertz CT molecular complexity index is 569. The molecule has 1 aromatic rings. The molecular weight excluding hydrogens is 286 g/mol. The van der Waals surface area contributed by atoms with Gasteiger partial charge in [0, 0.05) is 19.6 Å². The van der Waals surface area contributed by atoms with Crippen LogP contribution in [0.25, 0.3) is 0 Å². The summed E-state index contributed by atoms with van der Waals surface area (Å²) in [5.74, 6) is 0.700. The molecule has 1 aromatic carbocycles. The van der Waals surface area contributed by atoms with Gasteiger partial charge in [-0.2, -0.15) is 0 Å². The molecule has 0 saturated heterocycles. The van der Waals surface area contributed by atoms with E-state index in [0.717, 1.165) is 18.4 Å². The summed E-state index contributed by atoms with van der Waals surface area (Å²) >= 11 is 0. The number of aliphatic hydroxyl groups excluding tert-OH is 1. The molecular formula is C16H25NO3S. The smallest absolute Gasteiger partial charge is 0.179 e. The molecule has 0 radical (unpaired) electrons. The molecule has 4 nitrogen and oxygen atoms in total. The summed E-state index contributed by atoms with van der Waals surface area (Å²) in [5.41, 5.74) is 0.839. The number of β-amino-alcohol motifs (C(OH)–C–C–N with tert-alkyl or cyclic N) is 1. The average molecular weight is 311 g/mol. The first-order chi connectivity index (χ1) is 9.88. The average Bonchev–Trinajstić information content (AvgIpc) is 2.54. The summed E-state index contributed by atoms with van der Waals surface area (Å²) in [6.45, 7) is 5.89. The molecule has 118 valence electrons. The van der Waals surface area contributed by atoms with Gasteiger partial charge in [0.1, 0.15) is 0 Å². The quantitative estimate of drug-likeness (QED) is 0.904. The SMILES string of the molecule is CC(C)CCC(O)CN1CCS(=O)(=O)c2ccccc2C1. The van der Waals surface area contributed by atoms with Gasteiger partial charge in [-0.25, -0.2) is 8.42 Å². The lowest BCUT2D eigenvalue weighted by molar-refractivity contribution is 0.100. The van der Waals surface area contributed by atoms with Gasteiger partial charge in [-0.05, 0) is 30.4 Å². The summed E-state index contributed by atoms with van der Waals surface area (Å²) < 4.78 is 24.5. The third-order valence-corrected chi connectivity index (χ3v) is 5.71. The van der Waals surface area contributed by atoms with Gasteiger partial charge in [-0.3, -0.25) is 4.90 Å². The van der Waals surface area contributed by atoms with Crippen LogP contribution in [0.4, 0.5) is 0 Å². The number of benzene rings is 1. The summed E-state index contributed by atoms with van der Waals surface area (Å²) in [7, 11) is -3.20. The third kappa shape index (κ3) is 4.53. The van der Waals surface area contributed by atoms with E-state index in [1.165, 1.54) is 0 Å². The molecule has 0 aliphatic carbocycles. The van der Waals surface area contributed by atoms with Crippen LogP contribution in [-0.2, 0) is 16.4 Å². The zero-order chi connectivity index (χ0) is 15.5. The van der Waals surface area contributed by atoms with Crippen LogP contribution in [0.2, 0.25) is 0 Å². The highest BCUT2D eigenvalue weighted by Crippen LogP contribution is 2.22. The first-order valence-electron chi connectivity index (χ1n) is 7.59. The second kappa shape index (κ2) is 6.90. The molecule has 1 atom stereocenters. The molecule has 1 aliphatic rings. The number of nitrogens with zero attached hydrogens (tertiary/aromatic N) is 1. The van der Waals surface area contributed by atoms with Gasteiger partial charge in [0.25, 0.3) is 0 Å². The van der Waals surface area contributed by atoms with Crippen LogP contribution in [-0.4, -0.2) is 43.4 Å². The number of fused-ring (bicyclic) bond motifs is 1. The second-order valence-corrected chi connectivity index (χ2v) is 8.36. The lowest BCUT2D eigenvalue weighted by Gasteiger charge is -2.23. The predicted octanol–water partition coefficient (Wildman–Crippen LogP) is 2.07. The molecule has 5 heteroatoms. The number of hydrogen-bond donors (Lipinski definition) is 1. The Morgan fingerprint density at radius 1 is 1.24 bits per heavy atom. The van der Waals surface area contributed by atoms with Crippen molar-refractivity contribution in [3.63, 3.8) is 0 Å². The van der Waals surface area contributed by atoms with Crippen molar-refractivity contribution < 1.29 is 13.5 Å². The maximum Gasteiger partial charge on any atom is 0.179 e. The standard InChI is InChI=1S/C16H25NO3S/c1-13(2)7-8-15(18)12-17-9-10-21(19,20)16-6-4-3-5-14(16)11-17/h3-6,13,15,18H,7-12H2,1-2H3. The minimum Gasteiger partial charge on any atom is -0.392 e. The Labute approximate surface area is 127 Å². The van der Waals surface area contributed by atoms with Crippen molar-refractivity contribution in [2.45, 2.75) is 44.2 Å². The van der Waals surface area contributed by atoms with Crippen LogP contribution in [0, 0.1) is 5.92 Å². The predicted molar refractivity (Wildman–Crippen MR) is 83.9 cm³/mol. The van der Waals surface area contributed by atoms with E-state index in [2.05, 4.69) is 13.8 Å². The van der Waals surface area contributed by atoms with E-state index in [1.807, 2.05) is 17.0 Å². The van der Waals surface area contributed by atoms with E-state index >= 15 is 0 Å². The fourth-order valence-corrected chi connectivity index (χ4v) is 4.22. The Morgan fingerprint density at radius 2 is 1.95 bits per heavy atom. The second-order valence-electron chi connectivity index (χ2n) is 6.29. The highest BCUT2D eigenvalue weighted by atomic mass is 32.2. The summed E-state index contributed by atoms with van der Waals surface area (Å²) in [4.78, 5) is 2.50. The normalized spacial score (nSPS) is 20.0. The van der Waals surface area contributed by atoms with Crippen molar-refractivity contribution in [1.82, 2.24) is 4.90 Å².